The van der Waals surface area contributed by atoms with Crippen molar-refractivity contribution < 1.29 is 36.5 Å². The van der Waals surface area contributed by atoms with E-state index in [1.165, 1.54) is 0 Å². The lowest BCUT2D eigenvalue weighted by Gasteiger charge is -2.39. The second-order valence-corrected chi connectivity index (χ2v) is 20.6. The number of aryl methyl sites for hydroxylation is 2. The third-order valence-electron chi connectivity index (χ3n) is 12.9. The van der Waals surface area contributed by atoms with Gasteiger partial charge in [0.25, 0.3) is 0 Å². The molecule has 316 valence electrons. The number of sulfone groups is 2. The summed E-state index contributed by atoms with van der Waals surface area (Å²) < 4.78 is 64.7. The largest absolute Gasteiger partial charge is 0.497 e. The van der Waals surface area contributed by atoms with Gasteiger partial charge in [0.15, 0.2) is 19.7 Å². The Morgan fingerprint density at radius 2 is 0.966 bits per heavy atom. The molecule has 4 aromatic carbocycles. The first-order valence-corrected chi connectivity index (χ1v) is 24.2. The molecule has 0 radical (unpaired) electrons. The van der Waals surface area contributed by atoms with Gasteiger partial charge in [-0.05, 0) is 98.2 Å². The van der Waals surface area contributed by atoms with E-state index in [0.717, 1.165) is 47.9 Å². The van der Waals surface area contributed by atoms with Gasteiger partial charge in [-0.2, -0.15) is 0 Å². The van der Waals surface area contributed by atoms with Crippen molar-refractivity contribution in [3.8, 4) is 11.5 Å². The topological polar surface area (TPSA) is 127 Å². The number of methoxy groups -OCH3 is 2. The van der Waals surface area contributed by atoms with Crippen LogP contribution in [-0.2, 0) is 19.7 Å². The van der Waals surface area contributed by atoms with Crippen LogP contribution in [0.5, 0.6) is 11.5 Å². The maximum Gasteiger partial charge on any atom is 0.179 e. The van der Waals surface area contributed by atoms with Crippen LogP contribution in [0.25, 0.3) is 0 Å². The number of rotatable bonds is 12. The molecule has 2 aliphatic heterocycles. The Labute approximate surface area is 347 Å². The number of unbranched alkanes of at least 4 members (excludes halogenated alkanes) is 2. The fourth-order valence-corrected chi connectivity index (χ4v) is 13.9. The highest BCUT2D eigenvalue weighted by molar-refractivity contribution is 7.91. The Bertz CT molecular complexity index is 2090. The molecule has 4 aromatic rings. The molecule has 0 bridgehead atoms. The molecule has 0 aliphatic carbocycles. The predicted molar refractivity (Wildman–Crippen MR) is 233 cm³/mol. The van der Waals surface area contributed by atoms with Crippen molar-refractivity contribution in [2.45, 2.75) is 127 Å². The Morgan fingerprint density at radius 1 is 0.586 bits per heavy atom. The number of benzene rings is 4. The van der Waals surface area contributed by atoms with Gasteiger partial charge >= 0.3 is 0 Å². The Balaban J connectivity index is 0.000000221. The quantitative estimate of drug-likeness (QED) is 0.145. The average molecular weight is 833 g/mol. The van der Waals surface area contributed by atoms with Gasteiger partial charge in [0.2, 0.25) is 0 Å². The van der Waals surface area contributed by atoms with Crippen molar-refractivity contribution in [2.24, 2.45) is 10.8 Å². The molecule has 6 atom stereocenters. The number of fused-ring (bicyclic) bond motifs is 2. The van der Waals surface area contributed by atoms with Crippen molar-refractivity contribution >= 4 is 19.7 Å². The summed E-state index contributed by atoms with van der Waals surface area (Å²) in [7, 11) is -3.96. The monoisotopic (exact) mass is 832 g/mol. The van der Waals surface area contributed by atoms with Crippen LogP contribution in [0.4, 0.5) is 0 Å². The summed E-state index contributed by atoms with van der Waals surface area (Å²) in [5.41, 5.74) is 3.95. The molecule has 0 amide bonds. The average Bonchev–Trinajstić information content (AvgIpc) is 3.33. The molecular formula is C48H64O8S2. The van der Waals surface area contributed by atoms with Gasteiger partial charge in [0.05, 0.1) is 47.7 Å². The molecule has 0 saturated carbocycles. The third-order valence-corrected chi connectivity index (χ3v) is 16.9. The zero-order chi connectivity index (χ0) is 42.5. The zero-order valence-electron chi connectivity index (χ0n) is 35.6. The third kappa shape index (κ3) is 9.20. The standard InChI is InChI=1S/2C24H32O4S/c2*1-5-7-13-24(6-2)16-29(26,27)21-12-11-19(28-4)15-20(21)22(23(24)25)18-10-8-9-17(3)14-18/h2*8-12,14-15,22-23,25H,5-7,13,16H2,1-4H3/t22?,23-,24-;22-,23-,24+/m10/s1. The van der Waals surface area contributed by atoms with Gasteiger partial charge in [-0.25, -0.2) is 16.8 Å². The van der Waals surface area contributed by atoms with Gasteiger partial charge < -0.3 is 19.7 Å². The number of ether oxygens (including phenoxy) is 2. The minimum absolute atomic E-state index is 0.0285. The van der Waals surface area contributed by atoms with Gasteiger partial charge in [0.1, 0.15) is 11.5 Å². The lowest BCUT2D eigenvalue weighted by molar-refractivity contribution is 0.0173. The van der Waals surface area contributed by atoms with E-state index >= 15 is 0 Å². The second kappa shape index (κ2) is 18.7. The SMILES string of the molecule is CCCC[C@]1(CC)CS(=O)(=O)c2ccc(OC)cc2C(c2cccc(C)c2)[C@H]1O.CCCC[C@]1(CC)CS(=O)(=O)c2ccc(OC)cc2[C@H](c2cccc(C)c2)[C@@H]1O. The van der Waals surface area contributed by atoms with Crippen LogP contribution in [0.15, 0.2) is 94.7 Å². The van der Waals surface area contributed by atoms with Crippen LogP contribution < -0.4 is 9.47 Å². The van der Waals surface area contributed by atoms with Gasteiger partial charge in [-0.3, -0.25) is 0 Å². The van der Waals surface area contributed by atoms with E-state index in [1.54, 1.807) is 50.6 Å². The number of hydrogen-bond donors (Lipinski definition) is 2. The molecule has 0 saturated heterocycles. The maximum absolute atomic E-state index is 13.5. The Kier molecular flexibility index (Phi) is 14.6. The van der Waals surface area contributed by atoms with E-state index in [9.17, 15) is 27.0 Å². The first-order chi connectivity index (χ1) is 27.6. The molecule has 58 heavy (non-hydrogen) atoms. The second-order valence-electron chi connectivity index (χ2n) is 16.6. The molecule has 2 aliphatic rings. The van der Waals surface area contributed by atoms with Crippen LogP contribution in [0.2, 0.25) is 0 Å². The van der Waals surface area contributed by atoms with E-state index in [2.05, 4.69) is 26.0 Å². The first-order valence-electron chi connectivity index (χ1n) is 20.9. The minimum Gasteiger partial charge on any atom is -0.497 e. The Hall–Kier alpha value is -3.70. The van der Waals surface area contributed by atoms with Gasteiger partial charge in [-0.15, -0.1) is 0 Å². The van der Waals surface area contributed by atoms with Gasteiger partial charge in [-0.1, -0.05) is 113 Å². The summed E-state index contributed by atoms with van der Waals surface area (Å²) in [6, 6.07) is 26.3. The van der Waals surface area contributed by atoms with Crippen LogP contribution in [0.1, 0.15) is 124 Å². The molecule has 2 N–H and O–H groups in total. The number of aliphatic hydroxyl groups is 2. The molecule has 0 spiro atoms. The summed E-state index contributed by atoms with van der Waals surface area (Å²) in [6.07, 6.45) is 4.70. The van der Waals surface area contributed by atoms with Crippen molar-refractivity contribution in [1.29, 1.82) is 0 Å². The molecule has 8 nitrogen and oxygen atoms in total. The highest BCUT2D eigenvalue weighted by Crippen LogP contribution is 2.51. The summed E-state index contributed by atoms with van der Waals surface area (Å²) >= 11 is 0. The number of hydrogen-bond acceptors (Lipinski definition) is 8. The normalized spacial score (nSPS) is 25.8. The van der Waals surface area contributed by atoms with E-state index in [0.29, 0.717) is 58.1 Å². The van der Waals surface area contributed by atoms with Crippen LogP contribution >= 0.6 is 0 Å². The highest BCUT2D eigenvalue weighted by Gasteiger charge is 2.50. The van der Waals surface area contributed by atoms with E-state index in [4.69, 9.17) is 9.47 Å². The zero-order valence-corrected chi connectivity index (χ0v) is 37.3. The molecular weight excluding hydrogens is 769 g/mol. The van der Waals surface area contributed by atoms with Crippen molar-refractivity contribution in [3.63, 3.8) is 0 Å². The lowest BCUT2D eigenvalue weighted by Crippen LogP contribution is -2.42. The molecule has 2 heterocycles. The predicted octanol–water partition coefficient (Wildman–Crippen LogP) is 9.74. The summed E-state index contributed by atoms with van der Waals surface area (Å²) in [5.74, 6) is 0.296. The lowest BCUT2D eigenvalue weighted by atomic mass is 9.69. The van der Waals surface area contributed by atoms with Crippen molar-refractivity contribution in [3.05, 3.63) is 118 Å². The summed E-state index contributed by atoms with van der Waals surface area (Å²) in [6.45, 7) is 12.2. The van der Waals surface area contributed by atoms with E-state index < -0.39 is 54.5 Å². The summed E-state index contributed by atoms with van der Waals surface area (Å²) in [4.78, 5) is 0.631. The maximum atomic E-state index is 13.5. The molecule has 0 fully saturated rings. The molecule has 0 aromatic heterocycles. The number of aliphatic hydroxyl groups excluding tert-OH is 2. The minimum atomic E-state index is -3.55. The van der Waals surface area contributed by atoms with Crippen LogP contribution in [0.3, 0.4) is 0 Å². The highest BCUT2D eigenvalue weighted by atomic mass is 32.2. The fourth-order valence-electron chi connectivity index (χ4n) is 9.41. The van der Waals surface area contributed by atoms with E-state index in [1.807, 2.05) is 64.1 Å². The summed E-state index contributed by atoms with van der Waals surface area (Å²) in [5, 5.41) is 23.5. The van der Waals surface area contributed by atoms with E-state index in [-0.39, 0.29) is 11.5 Å². The smallest absolute Gasteiger partial charge is 0.179 e. The van der Waals surface area contributed by atoms with Gasteiger partial charge in [0, 0.05) is 22.7 Å². The van der Waals surface area contributed by atoms with Crippen LogP contribution in [-0.4, -0.2) is 65.0 Å². The van der Waals surface area contributed by atoms with Crippen molar-refractivity contribution in [2.75, 3.05) is 25.7 Å². The van der Waals surface area contributed by atoms with Crippen LogP contribution in [0, 0.1) is 24.7 Å². The van der Waals surface area contributed by atoms with Crippen molar-refractivity contribution in [1.82, 2.24) is 0 Å². The fraction of sp³-hybridized carbons (Fsp3) is 0.500. The molecule has 10 heteroatoms. The molecule has 1 unspecified atom stereocenters. The molecule has 6 rings (SSSR count). The first kappa shape index (κ1) is 45.4. The Morgan fingerprint density at radius 3 is 1.28 bits per heavy atom.